The minimum Gasteiger partial charge on any atom is -0.497 e. The summed E-state index contributed by atoms with van der Waals surface area (Å²) in [7, 11) is 1.56. The van der Waals surface area contributed by atoms with Crippen molar-refractivity contribution < 1.29 is 13.9 Å². The molecule has 7 heteroatoms. The minimum atomic E-state index is -0.357. The van der Waals surface area contributed by atoms with E-state index in [2.05, 4.69) is 4.99 Å². The van der Waals surface area contributed by atoms with Crippen LogP contribution in [0.5, 0.6) is 5.75 Å². The number of thioether (sulfide) groups is 1. The van der Waals surface area contributed by atoms with Gasteiger partial charge in [0.1, 0.15) is 11.6 Å². The van der Waals surface area contributed by atoms with Gasteiger partial charge in [0.15, 0.2) is 5.17 Å². The average Bonchev–Trinajstić information content (AvgIpc) is 3.09. The molecule has 1 aliphatic rings. The van der Waals surface area contributed by atoms with Crippen LogP contribution in [-0.2, 0) is 5.75 Å². The number of methoxy groups -OCH3 is 1. The number of benzene rings is 2. The van der Waals surface area contributed by atoms with Gasteiger partial charge in [-0.25, -0.2) is 4.39 Å². The van der Waals surface area contributed by atoms with Crippen molar-refractivity contribution in [1.82, 2.24) is 4.90 Å². The molecule has 1 aliphatic heterocycles. The van der Waals surface area contributed by atoms with Crippen molar-refractivity contribution in [3.05, 3.63) is 64.4 Å². The lowest BCUT2D eigenvalue weighted by Gasteiger charge is -2.18. The first-order valence-electron chi connectivity index (χ1n) is 7.66. The van der Waals surface area contributed by atoms with Crippen LogP contribution in [0.2, 0.25) is 5.02 Å². The van der Waals surface area contributed by atoms with Gasteiger partial charge in [0.2, 0.25) is 0 Å². The van der Waals surface area contributed by atoms with E-state index in [1.807, 2.05) is 0 Å². The van der Waals surface area contributed by atoms with Crippen molar-refractivity contribution in [2.75, 3.05) is 20.2 Å². The third kappa shape index (κ3) is 3.96. The lowest BCUT2D eigenvalue weighted by atomic mass is 10.2. The van der Waals surface area contributed by atoms with Crippen LogP contribution in [0.3, 0.4) is 0 Å². The number of rotatable bonds is 4. The Balaban J connectivity index is 1.73. The van der Waals surface area contributed by atoms with Crippen molar-refractivity contribution in [3.63, 3.8) is 0 Å². The van der Waals surface area contributed by atoms with E-state index in [4.69, 9.17) is 16.3 Å². The van der Waals surface area contributed by atoms with Gasteiger partial charge in [-0.05, 0) is 30.3 Å². The van der Waals surface area contributed by atoms with E-state index in [9.17, 15) is 9.18 Å². The number of nitrogens with zero attached hydrogens (tertiary/aromatic N) is 2. The second-order valence-electron chi connectivity index (χ2n) is 5.34. The maximum absolute atomic E-state index is 13.9. The van der Waals surface area contributed by atoms with Crippen LogP contribution in [0.25, 0.3) is 0 Å². The smallest absolute Gasteiger partial charge is 0.260 e. The number of carbonyl (C=O) groups excluding carboxylic acids is 1. The SMILES string of the molecule is COc1cccc(C(=O)N2CCN=C2SCc2c(F)cccc2Cl)c1. The monoisotopic (exact) mass is 378 g/mol. The van der Waals surface area contributed by atoms with Crippen LogP contribution in [-0.4, -0.2) is 36.2 Å². The van der Waals surface area contributed by atoms with Crippen molar-refractivity contribution in [2.24, 2.45) is 4.99 Å². The Labute approximate surface area is 154 Å². The number of ether oxygens (including phenoxy) is 1. The van der Waals surface area contributed by atoms with Gasteiger partial charge in [0, 0.05) is 28.4 Å². The maximum atomic E-state index is 13.9. The van der Waals surface area contributed by atoms with E-state index >= 15 is 0 Å². The van der Waals surface area contributed by atoms with Crippen molar-refractivity contribution in [2.45, 2.75) is 5.75 Å². The predicted octanol–water partition coefficient (Wildman–Crippen LogP) is 4.23. The van der Waals surface area contributed by atoms with Crippen LogP contribution < -0.4 is 4.74 Å². The summed E-state index contributed by atoms with van der Waals surface area (Å²) >= 11 is 7.36. The zero-order valence-electron chi connectivity index (χ0n) is 13.5. The predicted molar refractivity (Wildman–Crippen MR) is 99.0 cm³/mol. The van der Waals surface area contributed by atoms with E-state index in [0.717, 1.165) is 0 Å². The van der Waals surface area contributed by atoms with Crippen LogP contribution in [0.15, 0.2) is 47.5 Å². The highest BCUT2D eigenvalue weighted by molar-refractivity contribution is 8.13. The molecule has 0 saturated heterocycles. The van der Waals surface area contributed by atoms with Gasteiger partial charge in [0.25, 0.3) is 5.91 Å². The Hall–Kier alpha value is -2.05. The number of carbonyl (C=O) groups is 1. The summed E-state index contributed by atoms with van der Waals surface area (Å²) in [6.45, 7) is 1.03. The van der Waals surface area contributed by atoms with Gasteiger partial charge in [-0.3, -0.25) is 14.7 Å². The molecule has 0 spiro atoms. The van der Waals surface area contributed by atoms with E-state index in [1.165, 1.54) is 17.8 Å². The Morgan fingerprint density at radius 1 is 1.36 bits per heavy atom. The highest BCUT2D eigenvalue weighted by Crippen LogP contribution is 2.27. The standard InChI is InChI=1S/C18H16ClFN2O2S/c1-24-13-5-2-4-12(10-13)17(23)22-9-8-21-18(22)25-11-14-15(19)6-3-7-16(14)20/h2-7,10H,8-9,11H2,1H3. The van der Waals surface area contributed by atoms with Crippen molar-refractivity contribution in [3.8, 4) is 5.75 Å². The number of hydrogen-bond acceptors (Lipinski definition) is 4. The van der Waals surface area contributed by atoms with Crippen molar-refractivity contribution in [1.29, 1.82) is 0 Å². The third-order valence-electron chi connectivity index (χ3n) is 3.77. The highest BCUT2D eigenvalue weighted by atomic mass is 35.5. The van der Waals surface area contributed by atoms with E-state index in [1.54, 1.807) is 48.4 Å². The van der Waals surface area contributed by atoms with Gasteiger partial charge >= 0.3 is 0 Å². The summed E-state index contributed by atoms with van der Waals surface area (Å²) in [5, 5.41) is 0.948. The molecule has 0 aliphatic carbocycles. The second-order valence-corrected chi connectivity index (χ2v) is 6.69. The molecule has 2 aromatic carbocycles. The third-order valence-corrected chi connectivity index (χ3v) is 5.17. The van der Waals surface area contributed by atoms with E-state index in [-0.39, 0.29) is 11.7 Å². The lowest BCUT2D eigenvalue weighted by Crippen LogP contribution is -2.32. The topological polar surface area (TPSA) is 41.9 Å². The highest BCUT2D eigenvalue weighted by Gasteiger charge is 2.26. The quantitative estimate of drug-likeness (QED) is 0.799. The second kappa shape index (κ2) is 7.89. The van der Waals surface area contributed by atoms with Crippen LogP contribution in [0.1, 0.15) is 15.9 Å². The fourth-order valence-corrected chi connectivity index (χ4v) is 3.85. The van der Waals surface area contributed by atoms with Crippen LogP contribution >= 0.6 is 23.4 Å². The molecule has 0 bridgehead atoms. The molecular formula is C18H16ClFN2O2S. The summed E-state index contributed by atoms with van der Waals surface area (Å²) < 4.78 is 19.1. The molecule has 0 saturated carbocycles. The largest absolute Gasteiger partial charge is 0.497 e. The molecule has 0 fully saturated rings. The number of aliphatic imine (C=N–C) groups is 1. The summed E-state index contributed by atoms with van der Waals surface area (Å²) in [6, 6.07) is 11.6. The Morgan fingerprint density at radius 3 is 2.92 bits per heavy atom. The first kappa shape index (κ1) is 17.8. The summed E-state index contributed by atoms with van der Waals surface area (Å²) in [5.74, 6) is 0.424. The normalized spacial score (nSPS) is 13.7. The van der Waals surface area contributed by atoms with Gasteiger partial charge in [-0.15, -0.1) is 0 Å². The van der Waals surface area contributed by atoms with Gasteiger partial charge in [0.05, 0.1) is 13.7 Å². The molecule has 0 radical (unpaired) electrons. The maximum Gasteiger partial charge on any atom is 0.260 e. The minimum absolute atomic E-state index is 0.151. The lowest BCUT2D eigenvalue weighted by molar-refractivity contribution is 0.0860. The van der Waals surface area contributed by atoms with Gasteiger partial charge in [-0.1, -0.05) is 35.5 Å². The molecule has 4 nitrogen and oxygen atoms in total. The average molecular weight is 379 g/mol. The van der Waals surface area contributed by atoms with Crippen LogP contribution in [0, 0.1) is 5.82 Å². The fraction of sp³-hybridized carbons (Fsp3) is 0.222. The summed E-state index contributed by atoms with van der Waals surface area (Å²) in [6.07, 6.45) is 0. The molecule has 2 aromatic rings. The zero-order chi connectivity index (χ0) is 17.8. The Morgan fingerprint density at radius 2 is 2.16 bits per heavy atom. The van der Waals surface area contributed by atoms with E-state index in [0.29, 0.717) is 45.9 Å². The fourth-order valence-electron chi connectivity index (χ4n) is 2.46. The Kier molecular flexibility index (Phi) is 5.60. The molecule has 0 aromatic heterocycles. The van der Waals surface area contributed by atoms with Crippen molar-refractivity contribution >= 4 is 34.4 Å². The molecule has 130 valence electrons. The molecule has 3 rings (SSSR count). The number of amidine groups is 1. The van der Waals surface area contributed by atoms with Gasteiger partial charge in [-0.2, -0.15) is 0 Å². The number of halogens is 2. The molecule has 25 heavy (non-hydrogen) atoms. The summed E-state index contributed by atoms with van der Waals surface area (Å²) in [5.41, 5.74) is 0.941. The number of amides is 1. The summed E-state index contributed by atoms with van der Waals surface area (Å²) in [4.78, 5) is 18.7. The molecule has 0 unspecified atom stereocenters. The zero-order valence-corrected chi connectivity index (χ0v) is 15.1. The molecule has 1 amide bonds. The molecular weight excluding hydrogens is 363 g/mol. The molecule has 0 N–H and O–H groups in total. The Bertz CT molecular complexity index is 808. The molecule has 1 heterocycles. The number of hydrogen-bond donors (Lipinski definition) is 0. The first-order valence-corrected chi connectivity index (χ1v) is 9.02. The van der Waals surface area contributed by atoms with E-state index < -0.39 is 0 Å². The van der Waals surface area contributed by atoms with Crippen LogP contribution in [0.4, 0.5) is 4.39 Å². The first-order chi connectivity index (χ1) is 12.1. The molecule has 0 atom stereocenters. The van der Waals surface area contributed by atoms with Gasteiger partial charge < -0.3 is 4.74 Å².